The molecule has 0 aliphatic carbocycles. The molecule has 0 bridgehead atoms. The van der Waals surface area contributed by atoms with E-state index >= 15 is 0 Å². The number of anilines is 3. The van der Waals surface area contributed by atoms with Crippen LogP contribution in [0.4, 0.5) is 22.1 Å². The van der Waals surface area contributed by atoms with E-state index in [9.17, 15) is 14.4 Å². The molecule has 1 aromatic carbocycles. The fraction of sp³-hybridized carbons (Fsp3) is 0.536. The van der Waals surface area contributed by atoms with Crippen LogP contribution in [0, 0.1) is 0 Å². The molecule has 1 aromatic heterocycles. The third-order valence-electron chi connectivity index (χ3n) is 6.17. The summed E-state index contributed by atoms with van der Waals surface area (Å²) in [6.07, 6.45) is 0.596. The lowest BCUT2D eigenvalue weighted by Gasteiger charge is -2.28. The number of carbonyl (C=O) groups excluding carboxylic acids is 3. The van der Waals surface area contributed by atoms with E-state index < -0.39 is 23.6 Å². The Hall–Kier alpha value is -3.89. The van der Waals surface area contributed by atoms with Crippen molar-refractivity contribution in [2.24, 2.45) is 5.73 Å². The number of nitrogens with zero attached hydrogens (tertiary/aromatic N) is 4. The van der Waals surface area contributed by atoms with Gasteiger partial charge in [0.25, 0.3) is 5.91 Å². The summed E-state index contributed by atoms with van der Waals surface area (Å²) in [7, 11) is 3.47. The van der Waals surface area contributed by atoms with E-state index in [0.29, 0.717) is 36.6 Å². The number of aryl methyl sites for hydroxylation is 1. The van der Waals surface area contributed by atoms with E-state index in [1.54, 1.807) is 27.7 Å². The van der Waals surface area contributed by atoms with Gasteiger partial charge in [-0.3, -0.25) is 14.5 Å². The molecule has 0 spiro atoms. The maximum absolute atomic E-state index is 12.6. The molecule has 214 valence electrons. The summed E-state index contributed by atoms with van der Waals surface area (Å²) in [6, 6.07) is 7.06. The van der Waals surface area contributed by atoms with Crippen LogP contribution in [0.25, 0.3) is 0 Å². The highest BCUT2D eigenvalue weighted by Crippen LogP contribution is 2.25. The molecule has 1 heterocycles. The van der Waals surface area contributed by atoms with Crippen LogP contribution >= 0.6 is 0 Å². The number of nitrogens with one attached hydrogen (secondary N) is 2. The van der Waals surface area contributed by atoms with Crippen LogP contribution in [0.15, 0.2) is 24.3 Å². The Morgan fingerprint density at radius 3 is 2.33 bits per heavy atom. The molecule has 11 nitrogen and oxygen atoms in total. The SMILES string of the molecule is CCc1nc(C(N)=O)c(Nc2cccc(CCNC(=O)[C@H](C)N(C)C(=O)OC(C)(C)C)c2)nc1N(C)C(C)C. The number of primary amides is 1. The molecular weight excluding hydrogens is 498 g/mol. The van der Waals surface area contributed by atoms with Crippen molar-refractivity contribution >= 4 is 35.2 Å². The Kier molecular flexibility index (Phi) is 10.6. The van der Waals surface area contributed by atoms with Crippen molar-refractivity contribution in [2.75, 3.05) is 30.9 Å². The number of likely N-dealkylation sites (N-methyl/N-ethyl adjacent to an activating group) is 1. The van der Waals surface area contributed by atoms with Crippen LogP contribution in [0.5, 0.6) is 0 Å². The summed E-state index contributed by atoms with van der Waals surface area (Å²) in [4.78, 5) is 49.6. The lowest BCUT2D eigenvalue weighted by Crippen LogP contribution is -2.47. The average Bonchev–Trinajstić information content (AvgIpc) is 2.85. The van der Waals surface area contributed by atoms with Crippen molar-refractivity contribution in [3.05, 3.63) is 41.2 Å². The third kappa shape index (κ3) is 8.83. The summed E-state index contributed by atoms with van der Waals surface area (Å²) in [5.41, 5.74) is 7.41. The van der Waals surface area contributed by atoms with Crippen molar-refractivity contribution < 1.29 is 19.1 Å². The topological polar surface area (TPSA) is 143 Å². The van der Waals surface area contributed by atoms with Crippen molar-refractivity contribution in [3.63, 3.8) is 0 Å². The van der Waals surface area contributed by atoms with Gasteiger partial charge < -0.3 is 26.0 Å². The highest BCUT2D eigenvalue weighted by Gasteiger charge is 2.26. The number of hydrogen-bond donors (Lipinski definition) is 3. The van der Waals surface area contributed by atoms with Crippen LogP contribution < -0.4 is 21.3 Å². The number of hydrogen-bond acceptors (Lipinski definition) is 8. The molecule has 0 aliphatic heterocycles. The highest BCUT2D eigenvalue weighted by atomic mass is 16.6. The third-order valence-corrected chi connectivity index (χ3v) is 6.17. The quantitative estimate of drug-likeness (QED) is 0.391. The van der Waals surface area contributed by atoms with Gasteiger partial charge >= 0.3 is 6.09 Å². The molecule has 0 unspecified atom stereocenters. The largest absolute Gasteiger partial charge is 0.444 e. The first-order valence-electron chi connectivity index (χ1n) is 13.2. The zero-order chi connectivity index (χ0) is 29.5. The number of carbonyl (C=O) groups is 3. The number of aromatic nitrogens is 2. The maximum Gasteiger partial charge on any atom is 0.410 e. The summed E-state index contributed by atoms with van der Waals surface area (Å²) in [6.45, 7) is 13.4. The van der Waals surface area contributed by atoms with Gasteiger partial charge in [-0.25, -0.2) is 14.8 Å². The minimum Gasteiger partial charge on any atom is -0.444 e. The fourth-order valence-corrected chi connectivity index (χ4v) is 3.57. The molecule has 2 aromatic rings. The fourth-order valence-electron chi connectivity index (χ4n) is 3.57. The lowest BCUT2D eigenvalue weighted by molar-refractivity contribution is -0.125. The van der Waals surface area contributed by atoms with Crippen LogP contribution in [0.3, 0.4) is 0 Å². The second kappa shape index (κ2) is 13.3. The first-order valence-corrected chi connectivity index (χ1v) is 13.2. The Morgan fingerprint density at radius 2 is 1.77 bits per heavy atom. The zero-order valence-electron chi connectivity index (χ0n) is 24.6. The van der Waals surface area contributed by atoms with Gasteiger partial charge in [-0.05, 0) is 72.1 Å². The van der Waals surface area contributed by atoms with Gasteiger partial charge in [-0.2, -0.15) is 0 Å². The molecule has 0 fully saturated rings. The van der Waals surface area contributed by atoms with Gasteiger partial charge in [0.2, 0.25) is 5.91 Å². The van der Waals surface area contributed by atoms with E-state index in [1.807, 2.05) is 43.1 Å². The van der Waals surface area contributed by atoms with Crippen LogP contribution in [-0.4, -0.2) is 71.1 Å². The highest BCUT2D eigenvalue weighted by molar-refractivity contribution is 5.96. The monoisotopic (exact) mass is 541 g/mol. The second-order valence-corrected chi connectivity index (χ2v) is 10.7. The minimum absolute atomic E-state index is 0.0773. The predicted octanol–water partition coefficient (Wildman–Crippen LogP) is 3.64. The van der Waals surface area contributed by atoms with E-state index in [0.717, 1.165) is 5.56 Å². The van der Waals surface area contributed by atoms with Gasteiger partial charge in [0, 0.05) is 32.4 Å². The van der Waals surface area contributed by atoms with Crippen molar-refractivity contribution in [2.45, 2.75) is 79.0 Å². The molecule has 0 saturated heterocycles. The molecule has 11 heteroatoms. The smallest absolute Gasteiger partial charge is 0.410 e. The molecule has 39 heavy (non-hydrogen) atoms. The Bertz CT molecular complexity index is 1180. The van der Waals surface area contributed by atoms with E-state index in [1.165, 1.54) is 11.9 Å². The van der Waals surface area contributed by atoms with Crippen LogP contribution in [-0.2, 0) is 22.4 Å². The molecule has 2 rings (SSSR count). The van der Waals surface area contributed by atoms with Crippen molar-refractivity contribution in [1.29, 1.82) is 0 Å². The molecule has 0 radical (unpaired) electrons. The van der Waals surface area contributed by atoms with Gasteiger partial charge in [0.1, 0.15) is 11.6 Å². The second-order valence-electron chi connectivity index (χ2n) is 10.7. The van der Waals surface area contributed by atoms with Gasteiger partial charge in [-0.15, -0.1) is 0 Å². The zero-order valence-corrected chi connectivity index (χ0v) is 24.6. The summed E-state index contributed by atoms with van der Waals surface area (Å²) in [5.74, 6) is 0.0237. The number of nitrogens with two attached hydrogens (primary N) is 1. The maximum atomic E-state index is 12.6. The number of ether oxygens (including phenoxy) is 1. The molecule has 1 atom stereocenters. The molecular formula is C28H43N7O4. The molecule has 4 N–H and O–H groups in total. The Balaban J connectivity index is 2.12. The predicted molar refractivity (Wildman–Crippen MR) is 153 cm³/mol. The number of amides is 3. The van der Waals surface area contributed by atoms with Crippen LogP contribution in [0.1, 0.15) is 70.2 Å². The van der Waals surface area contributed by atoms with Crippen molar-refractivity contribution in [3.8, 4) is 0 Å². The minimum atomic E-state index is -0.692. The average molecular weight is 542 g/mol. The van der Waals surface area contributed by atoms with Crippen molar-refractivity contribution in [1.82, 2.24) is 20.2 Å². The Labute approximate surface area is 231 Å². The van der Waals surface area contributed by atoms with Crippen LogP contribution in [0.2, 0.25) is 0 Å². The van der Waals surface area contributed by atoms with E-state index in [2.05, 4.69) is 29.5 Å². The standard InChI is InChI=1S/C28H43N7O4/c1-10-21-25(34(8)17(2)3)33-24(22(32-21)23(29)36)31-20-13-11-12-19(16-20)14-15-30-26(37)18(4)35(9)27(38)39-28(5,6)7/h11-13,16-18H,10,14-15H2,1-9H3,(H2,29,36)(H,30,37)(H,31,33)/t18-/m0/s1. The van der Waals surface area contributed by atoms with Gasteiger partial charge in [-0.1, -0.05) is 19.1 Å². The number of benzene rings is 1. The molecule has 0 aliphatic rings. The first-order chi connectivity index (χ1) is 18.1. The summed E-state index contributed by atoms with van der Waals surface area (Å²) >= 11 is 0. The normalized spacial score (nSPS) is 12.1. The summed E-state index contributed by atoms with van der Waals surface area (Å²) in [5, 5.41) is 6.06. The Morgan fingerprint density at radius 1 is 1.10 bits per heavy atom. The van der Waals surface area contributed by atoms with Gasteiger partial charge in [0.05, 0.1) is 5.69 Å². The van der Waals surface area contributed by atoms with E-state index in [-0.39, 0.29) is 23.5 Å². The molecule has 3 amide bonds. The van der Waals surface area contributed by atoms with E-state index in [4.69, 9.17) is 15.5 Å². The first kappa shape index (κ1) is 31.3. The lowest BCUT2D eigenvalue weighted by atomic mass is 10.1. The summed E-state index contributed by atoms with van der Waals surface area (Å²) < 4.78 is 5.33. The van der Waals surface area contributed by atoms with Gasteiger partial charge in [0.15, 0.2) is 17.3 Å². The molecule has 0 saturated carbocycles. The number of rotatable bonds is 11.